The van der Waals surface area contributed by atoms with Gasteiger partial charge in [0.15, 0.2) is 12.4 Å². The number of carbonyl (C=O) groups excluding carboxylic acids is 2. The summed E-state index contributed by atoms with van der Waals surface area (Å²) in [7, 11) is 2.05. The van der Waals surface area contributed by atoms with Crippen molar-refractivity contribution in [2.75, 3.05) is 39.8 Å². The van der Waals surface area contributed by atoms with E-state index in [-0.39, 0.29) is 18.3 Å². The summed E-state index contributed by atoms with van der Waals surface area (Å²) in [6.07, 6.45) is 0. The third-order valence-electron chi connectivity index (χ3n) is 3.79. The number of nitrogens with zero attached hydrogens (tertiary/aromatic N) is 2. The summed E-state index contributed by atoms with van der Waals surface area (Å²) in [5.41, 5.74) is 1.53. The van der Waals surface area contributed by atoms with Crippen molar-refractivity contribution in [1.29, 1.82) is 0 Å². The Hall–Kier alpha value is -1.88. The SMILES string of the molecule is CC(=O)c1ccc(OCC(=O)N2CCN(C)CC2)c(C)c1. The van der Waals surface area contributed by atoms with E-state index in [1.807, 2.05) is 11.8 Å². The van der Waals surface area contributed by atoms with Gasteiger partial charge < -0.3 is 14.5 Å². The van der Waals surface area contributed by atoms with Gasteiger partial charge in [-0.05, 0) is 44.7 Å². The standard InChI is InChI=1S/C16H22N2O3/c1-12-10-14(13(2)19)4-5-15(12)21-11-16(20)18-8-6-17(3)7-9-18/h4-5,10H,6-9,11H2,1-3H3. The van der Waals surface area contributed by atoms with Gasteiger partial charge in [0.05, 0.1) is 0 Å². The molecule has 114 valence electrons. The predicted molar refractivity (Wildman–Crippen MR) is 80.8 cm³/mol. The molecule has 1 heterocycles. The maximum absolute atomic E-state index is 12.1. The van der Waals surface area contributed by atoms with E-state index in [1.165, 1.54) is 6.92 Å². The van der Waals surface area contributed by atoms with Crippen LogP contribution in [0.1, 0.15) is 22.8 Å². The van der Waals surface area contributed by atoms with Gasteiger partial charge in [0.25, 0.3) is 5.91 Å². The fourth-order valence-corrected chi connectivity index (χ4v) is 2.32. The summed E-state index contributed by atoms with van der Waals surface area (Å²) < 4.78 is 5.60. The molecule has 0 saturated carbocycles. The average molecular weight is 290 g/mol. The Morgan fingerprint density at radius 1 is 1.19 bits per heavy atom. The number of Topliss-reactive ketones (excluding diaryl/α,β-unsaturated/α-hetero) is 1. The number of hydrogen-bond acceptors (Lipinski definition) is 4. The molecule has 5 heteroatoms. The zero-order chi connectivity index (χ0) is 15.4. The zero-order valence-corrected chi connectivity index (χ0v) is 12.9. The van der Waals surface area contributed by atoms with E-state index in [9.17, 15) is 9.59 Å². The van der Waals surface area contributed by atoms with E-state index in [0.717, 1.165) is 31.7 Å². The minimum Gasteiger partial charge on any atom is -0.483 e. The van der Waals surface area contributed by atoms with Crippen LogP contribution in [0, 0.1) is 6.92 Å². The smallest absolute Gasteiger partial charge is 0.260 e. The van der Waals surface area contributed by atoms with Crippen molar-refractivity contribution in [3.05, 3.63) is 29.3 Å². The van der Waals surface area contributed by atoms with Gasteiger partial charge in [-0.25, -0.2) is 0 Å². The maximum Gasteiger partial charge on any atom is 0.260 e. The lowest BCUT2D eigenvalue weighted by molar-refractivity contribution is -0.134. The molecule has 1 amide bonds. The first-order chi connectivity index (χ1) is 9.97. The fourth-order valence-electron chi connectivity index (χ4n) is 2.32. The number of ketones is 1. The lowest BCUT2D eigenvalue weighted by Crippen LogP contribution is -2.48. The third-order valence-corrected chi connectivity index (χ3v) is 3.79. The van der Waals surface area contributed by atoms with Crippen molar-refractivity contribution in [3.8, 4) is 5.75 Å². The van der Waals surface area contributed by atoms with Crippen molar-refractivity contribution in [1.82, 2.24) is 9.80 Å². The number of aryl methyl sites for hydroxylation is 1. The minimum absolute atomic E-state index is 0.0122. The molecule has 1 aliphatic heterocycles. The summed E-state index contributed by atoms with van der Waals surface area (Å²) in [5.74, 6) is 0.693. The first-order valence-corrected chi connectivity index (χ1v) is 7.18. The Bertz CT molecular complexity index is 534. The molecule has 0 atom stereocenters. The highest BCUT2D eigenvalue weighted by molar-refractivity contribution is 5.94. The van der Waals surface area contributed by atoms with Crippen LogP contribution in [0.2, 0.25) is 0 Å². The minimum atomic E-state index is 0.0122. The van der Waals surface area contributed by atoms with Gasteiger partial charge in [-0.1, -0.05) is 0 Å². The molecule has 0 unspecified atom stereocenters. The fraction of sp³-hybridized carbons (Fsp3) is 0.500. The monoisotopic (exact) mass is 290 g/mol. The Labute approximate surface area is 125 Å². The molecule has 1 fully saturated rings. The van der Waals surface area contributed by atoms with Crippen molar-refractivity contribution in [3.63, 3.8) is 0 Å². The number of piperazine rings is 1. The molecular weight excluding hydrogens is 268 g/mol. The first kappa shape index (κ1) is 15.5. The molecule has 0 radical (unpaired) electrons. The lowest BCUT2D eigenvalue weighted by atomic mass is 10.1. The highest BCUT2D eigenvalue weighted by Gasteiger charge is 2.19. The van der Waals surface area contributed by atoms with Crippen LogP contribution >= 0.6 is 0 Å². The van der Waals surface area contributed by atoms with Gasteiger partial charge in [-0.2, -0.15) is 0 Å². The van der Waals surface area contributed by atoms with E-state index in [1.54, 1.807) is 18.2 Å². The van der Waals surface area contributed by atoms with E-state index in [2.05, 4.69) is 11.9 Å². The Kier molecular flexibility index (Phi) is 4.96. The van der Waals surface area contributed by atoms with Crippen molar-refractivity contribution < 1.29 is 14.3 Å². The topological polar surface area (TPSA) is 49.9 Å². The van der Waals surface area contributed by atoms with E-state index in [4.69, 9.17) is 4.74 Å². The average Bonchev–Trinajstić information content (AvgIpc) is 2.46. The Morgan fingerprint density at radius 3 is 2.43 bits per heavy atom. The van der Waals surface area contributed by atoms with Crippen LogP contribution in [0.3, 0.4) is 0 Å². The van der Waals surface area contributed by atoms with Gasteiger partial charge in [-0.3, -0.25) is 9.59 Å². The molecule has 1 saturated heterocycles. The summed E-state index contributed by atoms with van der Waals surface area (Å²) in [4.78, 5) is 27.4. The predicted octanol–water partition coefficient (Wildman–Crippen LogP) is 1.35. The summed E-state index contributed by atoms with van der Waals surface area (Å²) in [6, 6.07) is 5.27. The Balaban J connectivity index is 1.91. The summed E-state index contributed by atoms with van der Waals surface area (Å²) in [6.45, 7) is 6.76. The molecule has 1 aliphatic rings. The van der Waals surface area contributed by atoms with Crippen LogP contribution in [0.15, 0.2) is 18.2 Å². The van der Waals surface area contributed by atoms with Gasteiger partial charge in [0, 0.05) is 31.7 Å². The van der Waals surface area contributed by atoms with Crippen molar-refractivity contribution >= 4 is 11.7 Å². The van der Waals surface area contributed by atoms with Gasteiger partial charge in [0.2, 0.25) is 0 Å². The number of ether oxygens (including phenoxy) is 1. The normalized spacial score (nSPS) is 15.9. The number of likely N-dealkylation sites (N-methyl/N-ethyl adjacent to an activating group) is 1. The van der Waals surface area contributed by atoms with Crippen LogP contribution < -0.4 is 4.74 Å². The molecule has 1 aromatic carbocycles. The second-order valence-electron chi connectivity index (χ2n) is 5.51. The van der Waals surface area contributed by atoms with Crippen LogP contribution in [0.4, 0.5) is 0 Å². The summed E-state index contributed by atoms with van der Waals surface area (Å²) >= 11 is 0. The molecule has 0 aromatic heterocycles. The molecule has 21 heavy (non-hydrogen) atoms. The molecule has 1 aromatic rings. The number of hydrogen-bond donors (Lipinski definition) is 0. The quantitative estimate of drug-likeness (QED) is 0.786. The Morgan fingerprint density at radius 2 is 1.86 bits per heavy atom. The highest BCUT2D eigenvalue weighted by Crippen LogP contribution is 2.19. The second-order valence-corrected chi connectivity index (χ2v) is 5.51. The van der Waals surface area contributed by atoms with Crippen molar-refractivity contribution in [2.45, 2.75) is 13.8 Å². The second kappa shape index (κ2) is 6.72. The zero-order valence-electron chi connectivity index (χ0n) is 12.9. The molecule has 0 N–H and O–H groups in total. The van der Waals surface area contributed by atoms with Gasteiger partial charge in [-0.15, -0.1) is 0 Å². The van der Waals surface area contributed by atoms with Crippen LogP contribution in [0.25, 0.3) is 0 Å². The third kappa shape index (κ3) is 4.04. The molecular formula is C16H22N2O3. The molecule has 5 nitrogen and oxygen atoms in total. The van der Waals surface area contributed by atoms with Crippen LogP contribution in [0.5, 0.6) is 5.75 Å². The molecule has 0 aliphatic carbocycles. The number of amides is 1. The largest absolute Gasteiger partial charge is 0.483 e. The van der Waals surface area contributed by atoms with Crippen LogP contribution in [-0.4, -0.2) is 61.3 Å². The first-order valence-electron chi connectivity index (χ1n) is 7.18. The highest BCUT2D eigenvalue weighted by atomic mass is 16.5. The number of benzene rings is 1. The number of rotatable bonds is 4. The van der Waals surface area contributed by atoms with Crippen molar-refractivity contribution in [2.24, 2.45) is 0 Å². The maximum atomic E-state index is 12.1. The van der Waals surface area contributed by atoms with E-state index in [0.29, 0.717) is 11.3 Å². The van der Waals surface area contributed by atoms with Gasteiger partial charge >= 0.3 is 0 Å². The van der Waals surface area contributed by atoms with E-state index >= 15 is 0 Å². The lowest BCUT2D eigenvalue weighted by Gasteiger charge is -2.32. The summed E-state index contributed by atoms with van der Waals surface area (Å²) in [5, 5.41) is 0. The number of carbonyl (C=O) groups is 2. The molecule has 2 rings (SSSR count). The molecule has 0 bridgehead atoms. The van der Waals surface area contributed by atoms with Gasteiger partial charge in [0.1, 0.15) is 5.75 Å². The van der Waals surface area contributed by atoms with E-state index < -0.39 is 0 Å². The molecule has 0 spiro atoms. The van der Waals surface area contributed by atoms with Crippen LogP contribution in [-0.2, 0) is 4.79 Å².